The van der Waals surface area contributed by atoms with Gasteiger partial charge in [0.2, 0.25) is 0 Å². The van der Waals surface area contributed by atoms with E-state index in [9.17, 15) is 4.21 Å². The molecule has 4 aromatic rings. The van der Waals surface area contributed by atoms with Crippen LogP contribution in [-0.2, 0) is 10.8 Å². The molecule has 4 aromatic carbocycles. The summed E-state index contributed by atoms with van der Waals surface area (Å²) in [7, 11) is -1.11. The lowest BCUT2D eigenvalue weighted by molar-refractivity contribution is 0.678. The number of benzene rings is 4. The Morgan fingerprint density at radius 3 is 2.07 bits per heavy atom. The monoisotopic (exact) mass is 371 g/mol. The molecule has 0 spiro atoms. The summed E-state index contributed by atoms with van der Waals surface area (Å²) in [5, 5.41) is 5.83. The second-order valence-corrected chi connectivity index (χ2v) is 7.99. The van der Waals surface area contributed by atoms with Gasteiger partial charge in [0, 0.05) is 10.6 Å². The maximum absolute atomic E-state index is 13.1. The lowest BCUT2D eigenvalue weighted by atomic mass is 10.1. The topological polar surface area (TPSA) is 29.1 Å². The third-order valence-corrected chi connectivity index (χ3v) is 6.03. The minimum Gasteiger partial charge on any atom is -0.377 e. The van der Waals surface area contributed by atoms with Crippen molar-refractivity contribution < 1.29 is 4.21 Å². The molecule has 0 saturated heterocycles. The number of nitrogens with one attached hydrogen (secondary N) is 1. The van der Waals surface area contributed by atoms with Crippen LogP contribution < -0.4 is 5.32 Å². The van der Waals surface area contributed by atoms with Crippen molar-refractivity contribution in [1.29, 1.82) is 0 Å². The average Bonchev–Trinajstić information content (AvgIpc) is 2.74. The number of hydrogen-bond acceptors (Lipinski definition) is 2. The molecule has 0 aromatic heterocycles. The molecule has 2 atom stereocenters. The van der Waals surface area contributed by atoms with Gasteiger partial charge in [-0.05, 0) is 40.6 Å². The van der Waals surface area contributed by atoms with Crippen LogP contribution in [0, 0.1) is 0 Å². The fraction of sp³-hybridized carbons (Fsp3) is 0.0833. The zero-order valence-corrected chi connectivity index (χ0v) is 15.7. The van der Waals surface area contributed by atoms with Gasteiger partial charge >= 0.3 is 0 Å². The summed E-state index contributed by atoms with van der Waals surface area (Å²) in [5.74, 6) is 0.511. The van der Waals surface area contributed by atoms with E-state index in [2.05, 4.69) is 29.6 Å². The predicted molar refractivity (Wildman–Crippen MR) is 114 cm³/mol. The lowest BCUT2D eigenvalue weighted by Gasteiger charge is -2.20. The molecule has 2 unspecified atom stereocenters. The molecule has 1 N–H and O–H groups in total. The number of fused-ring (bicyclic) bond motifs is 1. The van der Waals surface area contributed by atoms with Gasteiger partial charge in [-0.3, -0.25) is 4.21 Å². The highest BCUT2D eigenvalue weighted by Crippen LogP contribution is 2.24. The van der Waals surface area contributed by atoms with Crippen LogP contribution in [-0.4, -0.2) is 9.96 Å². The van der Waals surface area contributed by atoms with Crippen molar-refractivity contribution in [3.05, 3.63) is 109 Å². The quantitative estimate of drug-likeness (QED) is 0.464. The number of anilines is 1. The largest absolute Gasteiger partial charge is 0.377 e. The Morgan fingerprint density at radius 1 is 0.704 bits per heavy atom. The third-order valence-electron chi connectivity index (χ3n) is 4.62. The van der Waals surface area contributed by atoms with E-state index >= 15 is 0 Å². The van der Waals surface area contributed by atoms with Crippen molar-refractivity contribution in [2.75, 3.05) is 11.1 Å². The van der Waals surface area contributed by atoms with Crippen LogP contribution in [0.4, 0.5) is 5.69 Å². The van der Waals surface area contributed by atoms with Gasteiger partial charge in [-0.15, -0.1) is 0 Å². The maximum Gasteiger partial charge on any atom is 0.0632 e. The molecule has 0 aliphatic rings. The third kappa shape index (κ3) is 4.26. The molecule has 27 heavy (non-hydrogen) atoms. The van der Waals surface area contributed by atoms with Crippen LogP contribution in [0.3, 0.4) is 0 Å². The van der Waals surface area contributed by atoms with Gasteiger partial charge in [0.15, 0.2) is 0 Å². The molecule has 0 bridgehead atoms. The molecule has 0 amide bonds. The van der Waals surface area contributed by atoms with Crippen LogP contribution in [0.5, 0.6) is 0 Å². The van der Waals surface area contributed by atoms with Gasteiger partial charge in [0.1, 0.15) is 0 Å². The van der Waals surface area contributed by atoms with Gasteiger partial charge in [-0.2, -0.15) is 0 Å². The highest BCUT2D eigenvalue weighted by Gasteiger charge is 2.16. The van der Waals surface area contributed by atoms with Crippen molar-refractivity contribution in [2.45, 2.75) is 10.9 Å². The zero-order chi connectivity index (χ0) is 18.5. The number of hydrogen-bond donors (Lipinski definition) is 1. The van der Waals surface area contributed by atoms with Gasteiger partial charge in [0.25, 0.3) is 0 Å². The molecule has 0 radical (unpaired) electrons. The standard InChI is InChI=1S/C24H21NOS/c26-27(23-16-15-19-9-7-8-12-21(19)17-23)18-24(20-10-3-1-4-11-20)25-22-13-5-2-6-14-22/h1-17,24-25H,18H2. The van der Waals surface area contributed by atoms with E-state index in [0.29, 0.717) is 5.75 Å². The molecule has 0 aliphatic carbocycles. The first-order valence-corrected chi connectivity index (χ1v) is 10.4. The van der Waals surface area contributed by atoms with Crippen molar-refractivity contribution >= 4 is 27.3 Å². The Morgan fingerprint density at radius 2 is 1.33 bits per heavy atom. The first-order chi connectivity index (χ1) is 13.3. The molecular formula is C24H21NOS. The van der Waals surface area contributed by atoms with E-state index in [1.54, 1.807) is 0 Å². The van der Waals surface area contributed by atoms with E-state index in [1.165, 1.54) is 5.39 Å². The van der Waals surface area contributed by atoms with Crippen molar-refractivity contribution in [2.24, 2.45) is 0 Å². The summed E-state index contributed by atoms with van der Waals surface area (Å²) in [5.41, 5.74) is 2.16. The minimum atomic E-state index is -1.11. The maximum atomic E-state index is 13.1. The highest BCUT2D eigenvalue weighted by molar-refractivity contribution is 7.85. The summed E-state index contributed by atoms with van der Waals surface area (Å²) in [6.07, 6.45) is 0. The molecule has 4 rings (SSSR count). The van der Waals surface area contributed by atoms with E-state index in [-0.39, 0.29) is 6.04 Å². The van der Waals surface area contributed by atoms with Crippen molar-refractivity contribution in [3.63, 3.8) is 0 Å². The van der Waals surface area contributed by atoms with Gasteiger partial charge in [-0.1, -0.05) is 78.9 Å². The van der Waals surface area contributed by atoms with Gasteiger partial charge in [0.05, 0.1) is 22.6 Å². The SMILES string of the molecule is O=S(CC(Nc1ccccc1)c1ccccc1)c1ccc2ccccc2c1. The van der Waals surface area contributed by atoms with Crippen LogP contribution >= 0.6 is 0 Å². The summed E-state index contributed by atoms with van der Waals surface area (Å²) < 4.78 is 13.1. The van der Waals surface area contributed by atoms with E-state index < -0.39 is 10.8 Å². The van der Waals surface area contributed by atoms with Gasteiger partial charge < -0.3 is 5.32 Å². The smallest absolute Gasteiger partial charge is 0.0632 e. The Balaban J connectivity index is 1.60. The van der Waals surface area contributed by atoms with E-state index in [0.717, 1.165) is 21.5 Å². The van der Waals surface area contributed by atoms with E-state index in [1.807, 2.05) is 78.9 Å². The molecule has 0 saturated carbocycles. The Labute approximate surface area is 162 Å². The Bertz CT molecular complexity index is 1050. The Hall–Kier alpha value is -2.91. The fourth-order valence-corrected chi connectivity index (χ4v) is 4.45. The van der Waals surface area contributed by atoms with Crippen LogP contribution in [0.25, 0.3) is 10.8 Å². The molecule has 0 fully saturated rings. The summed E-state index contributed by atoms with van der Waals surface area (Å²) in [6.45, 7) is 0. The van der Waals surface area contributed by atoms with E-state index in [4.69, 9.17) is 0 Å². The van der Waals surface area contributed by atoms with Crippen LogP contribution in [0.1, 0.15) is 11.6 Å². The second-order valence-electron chi connectivity index (χ2n) is 6.49. The summed E-state index contributed by atoms with van der Waals surface area (Å²) in [4.78, 5) is 0.865. The molecule has 3 heteroatoms. The second kappa shape index (κ2) is 8.19. The summed E-state index contributed by atoms with van der Waals surface area (Å²) >= 11 is 0. The molecule has 134 valence electrons. The molecular weight excluding hydrogens is 350 g/mol. The average molecular weight is 372 g/mol. The molecule has 0 heterocycles. The lowest BCUT2D eigenvalue weighted by Crippen LogP contribution is -2.18. The summed E-state index contributed by atoms with van der Waals surface area (Å²) in [6, 6.07) is 34.5. The highest BCUT2D eigenvalue weighted by atomic mass is 32.2. The van der Waals surface area contributed by atoms with Gasteiger partial charge in [-0.25, -0.2) is 0 Å². The predicted octanol–water partition coefficient (Wildman–Crippen LogP) is 5.80. The Kier molecular flexibility index (Phi) is 5.31. The molecule has 2 nitrogen and oxygen atoms in total. The number of rotatable bonds is 6. The fourth-order valence-electron chi connectivity index (χ4n) is 3.20. The normalized spacial score (nSPS) is 13.2. The van der Waals surface area contributed by atoms with Crippen molar-refractivity contribution in [1.82, 2.24) is 0 Å². The van der Waals surface area contributed by atoms with Crippen LogP contribution in [0.2, 0.25) is 0 Å². The minimum absolute atomic E-state index is 0.0269. The zero-order valence-electron chi connectivity index (χ0n) is 14.9. The first-order valence-electron chi connectivity index (χ1n) is 9.03. The molecule has 0 aliphatic heterocycles. The first kappa shape index (κ1) is 17.5. The number of para-hydroxylation sites is 1. The van der Waals surface area contributed by atoms with Crippen LogP contribution in [0.15, 0.2) is 108 Å². The van der Waals surface area contributed by atoms with Crippen molar-refractivity contribution in [3.8, 4) is 0 Å².